The molecule has 1 heterocycles. The summed E-state index contributed by atoms with van der Waals surface area (Å²) in [4.78, 5) is 14.7. The summed E-state index contributed by atoms with van der Waals surface area (Å²) in [6.07, 6.45) is -3.33. The van der Waals surface area contributed by atoms with Gasteiger partial charge in [-0.3, -0.25) is 9.78 Å². The van der Waals surface area contributed by atoms with Crippen LogP contribution in [0.4, 0.5) is 13.2 Å². The predicted octanol–water partition coefficient (Wildman–Crippen LogP) is 3.76. The molecule has 0 fully saturated rings. The maximum absolute atomic E-state index is 13.2. The maximum Gasteiger partial charge on any atom is 0.417 e. The zero-order chi connectivity index (χ0) is 23.0. The first-order valence-corrected chi connectivity index (χ1v) is 10.6. The molecule has 31 heavy (non-hydrogen) atoms. The van der Waals surface area contributed by atoms with Crippen molar-refractivity contribution < 1.29 is 26.4 Å². The van der Waals surface area contributed by atoms with Gasteiger partial charge < -0.3 is 5.73 Å². The van der Waals surface area contributed by atoms with Crippen molar-refractivity contribution in [1.29, 1.82) is 0 Å². The number of carbonyl (C=O) groups is 1. The minimum absolute atomic E-state index is 0.0122. The number of carbonyl (C=O) groups excluding carboxylic acids is 1. The van der Waals surface area contributed by atoms with Gasteiger partial charge in [0.15, 0.2) is 0 Å². The molecule has 3 rings (SSSR count). The van der Waals surface area contributed by atoms with Crippen molar-refractivity contribution in [3.8, 4) is 22.3 Å². The zero-order valence-corrected chi connectivity index (χ0v) is 17.2. The van der Waals surface area contributed by atoms with E-state index in [-0.39, 0.29) is 39.3 Å². The molecular formula is C20H15ClF3N3O3S. The van der Waals surface area contributed by atoms with Crippen molar-refractivity contribution in [2.75, 3.05) is 0 Å². The lowest BCUT2D eigenvalue weighted by atomic mass is 9.92. The normalized spacial score (nSPS) is 12.0. The number of benzene rings is 2. The fraction of sp³-hybridized carbons (Fsp3) is 0.100. The summed E-state index contributed by atoms with van der Waals surface area (Å²) >= 11 is 6.26. The first-order valence-electron chi connectivity index (χ1n) is 8.64. The first kappa shape index (κ1) is 22.7. The number of hydrogen-bond donors (Lipinski definition) is 2. The van der Waals surface area contributed by atoms with Gasteiger partial charge in [-0.05, 0) is 17.7 Å². The van der Waals surface area contributed by atoms with E-state index >= 15 is 0 Å². The summed E-state index contributed by atoms with van der Waals surface area (Å²) in [6.45, 7) is 0. The van der Waals surface area contributed by atoms with Crippen molar-refractivity contribution in [2.24, 2.45) is 10.9 Å². The fourth-order valence-electron chi connectivity index (χ4n) is 3.18. The molecular weight excluding hydrogens is 455 g/mol. The standard InChI is InChI=1S/C20H15ClF3N3O3S/c21-16-4-2-1-3-15(16)18-11(8-17(25)28)5-6-14(19(18)31(26,29)30)12-7-13(10-27-9-12)20(22,23)24/h1-7,9-10H,8H2,(H2,25,28)(H2,26,29,30). The van der Waals surface area contributed by atoms with E-state index in [4.69, 9.17) is 22.5 Å². The molecule has 0 aliphatic carbocycles. The van der Waals surface area contributed by atoms with Crippen molar-refractivity contribution in [2.45, 2.75) is 17.5 Å². The molecule has 162 valence electrons. The topological polar surface area (TPSA) is 116 Å². The van der Waals surface area contributed by atoms with Gasteiger partial charge in [0, 0.05) is 39.7 Å². The minimum atomic E-state index is -4.69. The van der Waals surface area contributed by atoms with Gasteiger partial charge in [-0.1, -0.05) is 41.9 Å². The third-order valence-corrected chi connectivity index (χ3v) is 5.74. The van der Waals surface area contributed by atoms with E-state index in [0.29, 0.717) is 6.20 Å². The molecule has 0 unspecified atom stereocenters. The van der Waals surface area contributed by atoms with E-state index in [2.05, 4.69) is 4.98 Å². The number of nitrogens with zero attached hydrogens (tertiary/aromatic N) is 1. The Balaban J connectivity index is 2.44. The van der Waals surface area contributed by atoms with Gasteiger partial charge in [-0.15, -0.1) is 0 Å². The molecule has 0 saturated heterocycles. The van der Waals surface area contributed by atoms with Crippen LogP contribution in [0, 0.1) is 0 Å². The van der Waals surface area contributed by atoms with Crippen LogP contribution in [-0.2, 0) is 27.4 Å². The van der Waals surface area contributed by atoms with E-state index in [1.54, 1.807) is 12.1 Å². The van der Waals surface area contributed by atoms with E-state index in [1.807, 2.05) is 0 Å². The van der Waals surface area contributed by atoms with Gasteiger partial charge in [-0.25, -0.2) is 13.6 Å². The summed E-state index contributed by atoms with van der Waals surface area (Å²) in [5, 5.41) is 5.63. The van der Waals surface area contributed by atoms with Crippen molar-refractivity contribution in [3.05, 3.63) is 71.0 Å². The van der Waals surface area contributed by atoms with E-state index < -0.39 is 32.6 Å². The Kier molecular flexibility index (Phi) is 6.08. The SMILES string of the molecule is NC(=O)Cc1ccc(-c2cncc(C(F)(F)F)c2)c(S(N)(=O)=O)c1-c1ccccc1Cl. The van der Waals surface area contributed by atoms with Crippen LogP contribution in [0.5, 0.6) is 0 Å². The van der Waals surface area contributed by atoms with Crippen LogP contribution in [-0.4, -0.2) is 19.3 Å². The molecule has 0 atom stereocenters. The third-order valence-electron chi connectivity index (χ3n) is 4.41. The van der Waals surface area contributed by atoms with E-state index in [1.165, 1.54) is 24.3 Å². The Hall–Kier alpha value is -2.95. The number of alkyl halides is 3. The van der Waals surface area contributed by atoms with Gasteiger partial charge in [0.05, 0.1) is 16.9 Å². The highest BCUT2D eigenvalue weighted by Gasteiger charge is 2.32. The number of aromatic nitrogens is 1. The van der Waals surface area contributed by atoms with Crippen LogP contribution >= 0.6 is 11.6 Å². The zero-order valence-electron chi connectivity index (χ0n) is 15.7. The second kappa shape index (κ2) is 8.29. The predicted molar refractivity (Wildman–Crippen MR) is 109 cm³/mol. The highest BCUT2D eigenvalue weighted by Crippen LogP contribution is 2.41. The molecule has 0 saturated carbocycles. The van der Waals surface area contributed by atoms with Crippen LogP contribution in [0.2, 0.25) is 5.02 Å². The Bertz CT molecular complexity index is 1280. The third kappa shape index (κ3) is 4.87. The molecule has 1 amide bonds. The summed E-state index contributed by atoms with van der Waals surface area (Å²) in [7, 11) is -4.50. The van der Waals surface area contributed by atoms with Gasteiger partial charge >= 0.3 is 6.18 Å². The second-order valence-corrected chi connectivity index (χ2v) is 8.51. The molecule has 0 aliphatic heterocycles. The number of amides is 1. The number of pyridine rings is 1. The Morgan fingerprint density at radius 3 is 2.32 bits per heavy atom. The number of nitrogens with two attached hydrogens (primary N) is 2. The number of primary amides is 1. The van der Waals surface area contributed by atoms with Crippen LogP contribution < -0.4 is 10.9 Å². The fourth-order valence-corrected chi connectivity index (χ4v) is 4.43. The molecule has 0 radical (unpaired) electrons. The molecule has 0 spiro atoms. The molecule has 0 aliphatic rings. The first-order chi connectivity index (χ1) is 14.4. The molecule has 6 nitrogen and oxygen atoms in total. The number of hydrogen-bond acceptors (Lipinski definition) is 4. The van der Waals surface area contributed by atoms with Crippen molar-refractivity contribution in [3.63, 3.8) is 0 Å². The number of primary sulfonamides is 1. The molecule has 0 bridgehead atoms. The number of rotatable bonds is 5. The molecule has 11 heteroatoms. The summed E-state index contributed by atoms with van der Waals surface area (Å²) in [5.74, 6) is -0.748. The lowest BCUT2D eigenvalue weighted by Crippen LogP contribution is -2.19. The molecule has 1 aromatic heterocycles. The molecule has 4 N–H and O–H groups in total. The lowest BCUT2D eigenvalue weighted by Gasteiger charge is -2.19. The Morgan fingerprint density at radius 1 is 1.06 bits per heavy atom. The minimum Gasteiger partial charge on any atom is -0.369 e. The van der Waals surface area contributed by atoms with Gasteiger partial charge in [0.2, 0.25) is 15.9 Å². The summed E-state index contributed by atoms with van der Waals surface area (Å²) in [5.41, 5.74) is 4.40. The maximum atomic E-state index is 13.2. The van der Waals surface area contributed by atoms with Crippen LogP contribution in [0.25, 0.3) is 22.3 Å². The van der Waals surface area contributed by atoms with Crippen molar-refractivity contribution in [1.82, 2.24) is 4.98 Å². The number of sulfonamides is 1. The van der Waals surface area contributed by atoms with Crippen molar-refractivity contribution >= 4 is 27.5 Å². The molecule has 3 aromatic rings. The average Bonchev–Trinajstić information content (AvgIpc) is 2.66. The van der Waals surface area contributed by atoms with E-state index in [0.717, 1.165) is 12.3 Å². The smallest absolute Gasteiger partial charge is 0.369 e. The van der Waals surface area contributed by atoms with Gasteiger partial charge in [-0.2, -0.15) is 13.2 Å². The van der Waals surface area contributed by atoms with Crippen LogP contribution in [0.3, 0.4) is 0 Å². The number of halogens is 4. The Labute approximate surface area is 180 Å². The highest BCUT2D eigenvalue weighted by molar-refractivity contribution is 7.89. The van der Waals surface area contributed by atoms with Gasteiger partial charge in [0.1, 0.15) is 0 Å². The summed E-state index contributed by atoms with van der Waals surface area (Å²) < 4.78 is 64.8. The van der Waals surface area contributed by atoms with Gasteiger partial charge in [0.25, 0.3) is 0 Å². The summed E-state index contributed by atoms with van der Waals surface area (Å²) in [6, 6.07) is 9.61. The average molecular weight is 470 g/mol. The lowest BCUT2D eigenvalue weighted by molar-refractivity contribution is -0.137. The quantitative estimate of drug-likeness (QED) is 0.591. The Morgan fingerprint density at radius 2 is 1.74 bits per heavy atom. The molecule has 2 aromatic carbocycles. The monoisotopic (exact) mass is 469 g/mol. The highest BCUT2D eigenvalue weighted by atomic mass is 35.5. The van der Waals surface area contributed by atoms with E-state index in [9.17, 15) is 26.4 Å². The second-order valence-electron chi connectivity index (χ2n) is 6.60. The largest absolute Gasteiger partial charge is 0.417 e. The van der Waals surface area contributed by atoms with Crippen LogP contribution in [0.15, 0.2) is 59.8 Å². The van der Waals surface area contributed by atoms with Crippen LogP contribution in [0.1, 0.15) is 11.1 Å².